The van der Waals surface area contributed by atoms with Gasteiger partial charge in [0.25, 0.3) is 0 Å². The summed E-state index contributed by atoms with van der Waals surface area (Å²) >= 11 is 0. The number of aryl methyl sites for hydroxylation is 1. The molecule has 2 aromatic rings. The van der Waals surface area contributed by atoms with Gasteiger partial charge in [-0.15, -0.1) is 0 Å². The number of morpholine rings is 1. The highest BCUT2D eigenvalue weighted by Crippen LogP contribution is 2.13. The maximum absolute atomic E-state index is 5.77. The van der Waals surface area contributed by atoms with Crippen LogP contribution in [-0.4, -0.2) is 63.5 Å². The maximum atomic E-state index is 5.77. The Bertz CT molecular complexity index is 631. The van der Waals surface area contributed by atoms with Crippen molar-refractivity contribution in [3.63, 3.8) is 0 Å². The first-order chi connectivity index (χ1) is 11.6. The molecule has 0 radical (unpaired) electrons. The monoisotopic (exact) mass is 330 g/mol. The lowest BCUT2D eigenvalue weighted by molar-refractivity contribution is -0.0678. The Hall–Kier alpha value is -1.99. The molecule has 7 nitrogen and oxygen atoms in total. The van der Waals surface area contributed by atoms with Crippen LogP contribution in [0.1, 0.15) is 25.8 Å². The third-order valence-electron chi connectivity index (χ3n) is 4.18. The molecule has 3 rings (SSSR count). The Kier molecular flexibility index (Phi) is 5.42. The van der Waals surface area contributed by atoms with Crippen molar-refractivity contribution < 1.29 is 4.74 Å². The van der Waals surface area contributed by atoms with Crippen molar-refractivity contribution in [2.75, 3.05) is 31.5 Å². The van der Waals surface area contributed by atoms with Crippen LogP contribution in [0.15, 0.2) is 24.3 Å². The second-order valence-electron chi connectivity index (χ2n) is 6.55. The van der Waals surface area contributed by atoms with Crippen LogP contribution >= 0.6 is 0 Å². The molecular formula is C17H26N6O. The maximum Gasteiger partial charge on any atom is 0.247 e. The summed E-state index contributed by atoms with van der Waals surface area (Å²) in [5.74, 6) is 0.683. The van der Waals surface area contributed by atoms with Crippen molar-refractivity contribution in [1.29, 1.82) is 0 Å². The molecule has 2 atom stereocenters. The fourth-order valence-electron chi connectivity index (χ4n) is 3.13. The van der Waals surface area contributed by atoms with Crippen molar-refractivity contribution >= 4 is 5.95 Å². The van der Waals surface area contributed by atoms with Crippen molar-refractivity contribution in [3.05, 3.63) is 29.8 Å². The summed E-state index contributed by atoms with van der Waals surface area (Å²) in [7, 11) is 0. The molecule has 0 amide bonds. The highest BCUT2D eigenvalue weighted by atomic mass is 16.5. The predicted octanol–water partition coefficient (Wildman–Crippen LogP) is 1.88. The number of tetrazole rings is 1. The van der Waals surface area contributed by atoms with Crippen molar-refractivity contribution in [3.8, 4) is 5.69 Å². The first kappa shape index (κ1) is 16.9. The van der Waals surface area contributed by atoms with Gasteiger partial charge in [-0.25, -0.2) is 0 Å². The number of ether oxygens (including phenoxy) is 1. The molecule has 1 aliphatic rings. The zero-order valence-corrected chi connectivity index (χ0v) is 14.6. The van der Waals surface area contributed by atoms with Gasteiger partial charge in [-0.05, 0) is 49.8 Å². The van der Waals surface area contributed by atoms with Gasteiger partial charge in [0.15, 0.2) is 0 Å². The fourth-order valence-corrected chi connectivity index (χ4v) is 3.13. The molecule has 1 aromatic carbocycles. The molecular weight excluding hydrogens is 304 g/mol. The molecule has 1 aliphatic heterocycles. The highest BCUT2D eigenvalue weighted by molar-refractivity contribution is 5.39. The lowest BCUT2D eigenvalue weighted by atomic mass is 10.2. The minimum Gasteiger partial charge on any atom is -0.373 e. The molecule has 130 valence electrons. The quantitative estimate of drug-likeness (QED) is 0.816. The fraction of sp³-hybridized carbons (Fsp3) is 0.588. The smallest absolute Gasteiger partial charge is 0.247 e. The average Bonchev–Trinajstić information content (AvgIpc) is 3.00. The van der Waals surface area contributed by atoms with Crippen LogP contribution in [0.2, 0.25) is 0 Å². The van der Waals surface area contributed by atoms with Crippen molar-refractivity contribution in [2.45, 2.75) is 39.4 Å². The van der Waals surface area contributed by atoms with Gasteiger partial charge in [0, 0.05) is 26.2 Å². The van der Waals surface area contributed by atoms with Crippen LogP contribution in [0.3, 0.4) is 0 Å². The van der Waals surface area contributed by atoms with E-state index in [2.05, 4.69) is 58.6 Å². The Labute approximate surface area is 143 Å². The Morgan fingerprint density at radius 1 is 1.17 bits per heavy atom. The molecule has 0 saturated carbocycles. The van der Waals surface area contributed by atoms with Crippen LogP contribution in [0, 0.1) is 6.92 Å². The SMILES string of the molecule is Cc1ccc(-n2nnnc2NCCCN2CC(C)OC(C)C2)cc1. The summed E-state index contributed by atoms with van der Waals surface area (Å²) in [6.45, 7) is 10.2. The normalized spacial score (nSPS) is 21.8. The van der Waals surface area contributed by atoms with Gasteiger partial charge in [0.1, 0.15) is 0 Å². The average molecular weight is 330 g/mol. The Morgan fingerprint density at radius 3 is 2.58 bits per heavy atom. The number of aromatic nitrogens is 4. The number of rotatable bonds is 6. The second kappa shape index (κ2) is 7.72. The van der Waals surface area contributed by atoms with Gasteiger partial charge in [-0.2, -0.15) is 4.68 Å². The molecule has 0 aliphatic carbocycles. The lowest BCUT2D eigenvalue weighted by Crippen LogP contribution is -2.45. The van der Waals surface area contributed by atoms with Crippen LogP contribution in [-0.2, 0) is 4.74 Å². The topological polar surface area (TPSA) is 68.1 Å². The van der Waals surface area contributed by atoms with Crippen LogP contribution in [0.4, 0.5) is 5.95 Å². The van der Waals surface area contributed by atoms with Gasteiger partial charge >= 0.3 is 0 Å². The second-order valence-corrected chi connectivity index (χ2v) is 6.55. The summed E-state index contributed by atoms with van der Waals surface area (Å²) in [6.07, 6.45) is 1.67. The number of hydrogen-bond acceptors (Lipinski definition) is 6. The number of anilines is 1. The molecule has 1 aromatic heterocycles. The van der Waals surface area contributed by atoms with Gasteiger partial charge in [-0.1, -0.05) is 22.8 Å². The van der Waals surface area contributed by atoms with E-state index in [4.69, 9.17) is 4.74 Å². The molecule has 0 spiro atoms. The molecule has 2 unspecified atom stereocenters. The molecule has 1 N–H and O–H groups in total. The van der Waals surface area contributed by atoms with E-state index in [0.717, 1.165) is 38.3 Å². The Morgan fingerprint density at radius 2 is 1.88 bits per heavy atom. The van der Waals surface area contributed by atoms with E-state index < -0.39 is 0 Å². The summed E-state index contributed by atoms with van der Waals surface area (Å²) in [6, 6.07) is 8.16. The summed E-state index contributed by atoms with van der Waals surface area (Å²) in [5, 5.41) is 15.3. The third-order valence-corrected chi connectivity index (χ3v) is 4.18. The van der Waals surface area contributed by atoms with Crippen LogP contribution in [0.5, 0.6) is 0 Å². The van der Waals surface area contributed by atoms with Gasteiger partial charge in [0.05, 0.1) is 17.9 Å². The molecule has 1 saturated heterocycles. The van der Waals surface area contributed by atoms with Gasteiger partial charge < -0.3 is 10.1 Å². The molecule has 2 heterocycles. The molecule has 0 bridgehead atoms. The minimum atomic E-state index is 0.315. The first-order valence-corrected chi connectivity index (χ1v) is 8.59. The van der Waals surface area contributed by atoms with E-state index in [1.54, 1.807) is 4.68 Å². The molecule has 1 fully saturated rings. The van der Waals surface area contributed by atoms with E-state index in [0.29, 0.717) is 18.2 Å². The largest absolute Gasteiger partial charge is 0.373 e. The number of nitrogens with zero attached hydrogens (tertiary/aromatic N) is 5. The number of benzene rings is 1. The van der Waals surface area contributed by atoms with Crippen LogP contribution < -0.4 is 5.32 Å². The zero-order valence-electron chi connectivity index (χ0n) is 14.6. The van der Waals surface area contributed by atoms with E-state index >= 15 is 0 Å². The minimum absolute atomic E-state index is 0.315. The van der Waals surface area contributed by atoms with Gasteiger partial charge in [0.2, 0.25) is 5.95 Å². The summed E-state index contributed by atoms with van der Waals surface area (Å²) in [4.78, 5) is 2.46. The van der Waals surface area contributed by atoms with E-state index in [1.807, 2.05) is 12.1 Å². The van der Waals surface area contributed by atoms with Crippen molar-refractivity contribution in [2.24, 2.45) is 0 Å². The number of hydrogen-bond donors (Lipinski definition) is 1. The first-order valence-electron chi connectivity index (χ1n) is 8.59. The van der Waals surface area contributed by atoms with E-state index in [1.165, 1.54) is 5.56 Å². The predicted molar refractivity (Wildman–Crippen MR) is 93.4 cm³/mol. The van der Waals surface area contributed by atoms with Crippen LogP contribution in [0.25, 0.3) is 5.69 Å². The third kappa shape index (κ3) is 4.30. The van der Waals surface area contributed by atoms with Gasteiger partial charge in [-0.3, -0.25) is 4.90 Å². The highest BCUT2D eigenvalue weighted by Gasteiger charge is 2.21. The summed E-state index contributed by atoms with van der Waals surface area (Å²) in [5.41, 5.74) is 2.18. The van der Waals surface area contributed by atoms with E-state index in [-0.39, 0.29) is 0 Å². The number of nitrogens with one attached hydrogen (secondary N) is 1. The molecule has 7 heteroatoms. The van der Waals surface area contributed by atoms with E-state index in [9.17, 15) is 0 Å². The lowest BCUT2D eigenvalue weighted by Gasteiger charge is -2.35. The van der Waals surface area contributed by atoms with Crippen molar-refractivity contribution in [1.82, 2.24) is 25.1 Å². The summed E-state index contributed by atoms with van der Waals surface area (Å²) < 4.78 is 7.50. The zero-order chi connectivity index (χ0) is 16.9. The molecule has 24 heavy (non-hydrogen) atoms. The Balaban J connectivity index is 1.49. The standard InChI is InChI=1S/C17H26N6O/c1-13-5-7-16(8-6-13)23-17(19-20-21-23)18-9-4-10-22-11-14(2)24-15(3)12-22/h5-8,14-15H,4,9-12H2,1-3H3,(H,18,19,21).